The average molecular weight is 213 g/mol. The van der Waals surface area contributed by atoms with Crippen molar-refractivity contribution in [2.45, 2.75) is 37.8 Å². The van der Waals surface area contributed by atoms with E-state index in [1.807, 2.05) is 0 Å². The minimum absolute atomic E-state index is 0.0774. The van der Waals surface area contributed by atoms with Gasteiger partial charge in [0.1, 0.15) is 5.78 Å². The van der Waals surface area contributed by atoms with Gasteiger partial charge in [-0.25, -0.2) is 0 Å². The van der Waals surface area contributed by atoms with Crippen molar-refractivity contribution in [1.82, 2.24) is 0 Å². The minimum atomic E-state index is -0.0954. The monoisotopic (exact) mass is 213 g/mol. The normalized spacial score (nSPS) is 35.9. The second-order valence-electron chi connectivity index (χ2n) is 4.45. The average Bonchev–Trinajstić information content (AvgIpc) is 2.84. The molecular weight excluding hydrogens is 194 g/mol. The minimum Gasteiger partial charge on any atom is -0.379 e. The lowest BCUT2D eigenvalue weighted by Gasteiger charge is -2.13. The van der Waals surface area contributed by atoms with E-state index in [1.165, 1.54) is 0 Å². The molecule has 2 N–H and O–H groups in total. The maximum Gasteiger partial charge on any atom is 0.140 e. The van der Waals surface area contributed by atoms with Gasteiger partial charge in [0.15, 0.2) is 0 Å². The van der Waals surface area contributed by atoms with Gasteiger partial charge in [0.2, 0.25) is 0 Å². The highest BCUT2D eigenvalue weighted by Gasteiger charge is 2.31. The number of nitrogens with two attached hydrogens (primary N) is 1. The van der Waals surface area contributed by atoms with Gasteiger partial charge in [-0.1, -0.05) is 0 Å². The predicted octanol–water partition coefficient (Wildman–Crippen LogP) is 0.488. The summed E-state index contributed by atoms with van der Waals surface area (Å²) in [7, 11) is 0. The number of hydrogen-bond acceptors (Lipinski definition) is 4. The molecule has 2 saturated heterocycles. The Hall–Kier alpha value is -0.450. The molecular formula is C11H19NO3. The van der Waals surface area contributed by atoms with Crippen LogP contribution in [0.5, 0.6) is 0 Å². The van der Waals surface area contributed by atoms with E-state index >= 15 is 0 Å². The molecule has 3 atom stereocenters. The number of ketones is 1. The number of rotatable bonds is 4. The molecule has 0 aromatic carbocycles. The molecule has 2 fully saturated rings. The molecule has 0 spiro atoms. The van der Waals surface area contributed by atoms with Crippen LogP contribution in [0.2, 0.25) is 0 Å². The van der Waals surface area contributed by atoms with Gasteiger partial charge < -0.3 is 15.2 Å². The standard InChI is InChI=1S/C11H19NO3/c12-10-7-14-6-9(10)11(13)4-3-8-2-1-5-15-8/h8-10H,1-7,12H2. The SMILES string of the molecule is NC1COCC1C(=O)CCC1CCCO1. The van der Waals surface area contributed by atoms with E-state index < -0.39 is 0 Å². The molecule has 0 aromatic rings. The van der Waals surface area contributed by atoms with Crippen LogP contribution in [-0.4, -0.2) is 37.7 Å². The Kier molecular flexibility index (Phi) is 3.72. The first-order valence-corrected chi connectivity index (χ1v) is 5.75. The zero-order valence-electron chi connectivity index (χ0n) is 8.98. The maximum atomic E-state index is 11.8. The zero-order chi connectivity index (χ0) is 10.7. The Labute approximate surface area is 90.1 Å². The summed E-state index contributed by atoms with van der Waals surface area (Å²) in [5.74, 6) is 0.168. The molecule has 0 bridgehead atoms. The summed E-state index contributed by atoms with van der Waals surface area (Å²) in [5.41, 5.74) is 5.79. The van der Waals surface area contributed by atoms with E-state index in [0.29, 0.717) is 25.7 Å². The molecule has 15 heavy (non-hydrogen) atoms. The Morgan fingerprint density at radius 1 is 1.40 bits per heavy atom. The van der Waals surface area contributed by atoms with Crippen LogP contribution in [0, 0.1) is 5.92 Å². The largest absolute Gasteiger partial charge is 0.379 e. The smallest absolute Gasteiger partial charge is 0.140 e. The van der Waals surface area contributed by atoms with Gasteiger partial charge in [0.25, 0.3) is 0 Å². The molecule has 0 saturated carbocycles. The lowest BCUT2D eigenvalue weighted by atomic mass is 9.95. The van der Waals surface area contributed by atoms with Crippen LogP contribution in [0.3, 0.4) is 0 Å². The third kappa shape index (κ3) is 2.77. The summed E-state index contributed by atoms with van der Waals surface area (Å²) < 4.78 is 10.7. The molecule has 0 radical (unpaired) electrons. The van der Waals surface area contributed by atoms with Crippen molar-refractivity contribution in [3.8, 4) is 0 Å². The molecule has 0 amide bonds. The van der Waals surface area contributed by atoms with Crippen LogP contribution >= 0.6 is 0 Å². The second kappa shape index (κ2) is 5.05. The molecule has 0 aromatic heterocycles. The molecule has 3 unspecified atom stereocenters. The van der Waals surface area contributed by atoms with Crippen molar-refractivity contribution in [2.24, 2.45) is 11.7 Å². The lowest BCUT2D eigenvalue weighted by molar-refractivity contribution is -0.123. The molecule has 4 heteroatoms. The van der Waals surface area contributed by atoms with Gasteiger partial charge in [-0.3, -0.25) is 4.79 Å². The zero-order valence-corrected chi connectivity index (χ0v) is 8.98. The fourth-order valence-corrected chi connectivity index (χ4v) is 2.26. The van der Waals surface area contributed by atoms with Gasteiger partial charge >= 0.3 is 0 Å². The summed E-state index contributed by atoms with van der Waals surface area (Å²) in [6.07, 6.45) is 3.97. The van der Waals surface area contributed by atoms with Gasteiger partial charge in [0, 0.05) is 19.1 Å². The van der Waals surface area contributed by atoms with E-state index in [2.05, 4.69) is 0 Å². The summed E-state index contributed by atoms with van der Waals surface area (Å²) >= 11 is 0. The quantitative estimate of drug-likeness (QED) is 0.738. The predicted molar refractivity (Wildman–Crippen MR) is 55.5 cm³/mol. The molecule has 2 rings (SSSR count). The summed E-state index contributed by atoms with van der Waals surface area (Å²) in [4.78, 5) is 11.8. The maximum absolute atomic E-state index is 11.8. The van der Waals surface area contributed by atoms with Crippen molar-refractivity contribution < 1.29 is 14.3 Å². The molecule has 86 valence electrons. The fourth-order valence-electron chi connectivity index (χ4n) is 2.26. The van der Waals surface area contributed by atoms with E-state index in [9.17, 15) is 4.79 Å². The van der Waals surface area contributed by atoms with Gasteiger partial charge in [-0.15, -0.1) is 0 Å². The van der Waals surface area contributed by atoms with Crippen molar-refractivity contribution in [3.05, 3.63) is 0 Å². The molecule has 0 aliphatic carbocycles. The first-order chi connectivity index (χ1) is 7.27. The summed E-state index contributed by atoms with van der Waals surface area (Å²) in [6, 6.07) is -0.0954. The van der Waals surface area contributed by atoms with Crippen LogP contribution in [-0.2, 0) is 14.3 Å². The first kappa shape index (κ1) is 11.0. The van der Waals surface area contributed by atoms with Gasteiger partial charge in [-0.05, 0) is 19.3 Å². The fraction of sp³-hybridized carbons (Fsp3) is 0.909. The first-order valence-electron chi connectivity index (χ1n) is 5.75. The summed E-state index contributed by atoms with van der Waals surface area (Å²) in [6.45, 7) is 1.88. The van der Waals surface area contributed by atoms with E-state index in [1.54, 1.807) is 0 Å². The Balaban J connectivity index is 1.71. The van der Waals surface area contributed by atoms with Crippen LogP contribution in [0.1, 0.15) is 25.7 Å². The van der Waals surface area contributed by atoms with Crippen molar-refractivity contribution in [1.29, 1.82) is 0 Å². The number of carbonyl (C=O) groups is 1. The lowest BCUT2D eigenvalue weighted by Crippen LogP contribution is -2.34. The third-order valence-electron chi connectivity index (χ3n) is 3.27. The van der Waals surface area contributed by atoms with Crippen LogP contribution in [0.4, 0.5) is 0 Å². The van der Waals surface area contributed by atoms with Crippen molar-refractivity contribution in [3.63, 3.8) is 0 Å². The number of hydrogen-bond donors (Lipinski definition) is 1. The summed E-state index contributed by atoms with van der Waals surface area (Å²) in [5, 5.41) is 0. The van der Waals surface area contributed by atoms with Crippen LogP contribution < -0.4 is 5.73 Å². The van der Waals surface area contributed by atoms with Crippen molar-refractivity contribution in [2.75, 3.05) is 19.8 Å². The topological polar surface area (TPSA) is 61.5 Å². The van der Waals surface area contributed by atoms with Gasteiger partial charge in [0.05, 0.1) is 25.2 Å². The molecule has 2 aliphatic heterocycles. The highest BCUT2D eigenvalue weighted by Crippen LogP contribution is 2.20. The third-order valence-corrected chi connectivity index (χ3v) is 3.27. The van der Waals surface area contributed by atoms with Crippen molar-refractivity contribution >= 4 is 5.78 Å². The second-order valence-corrected chi connectivity index (χ2v) is 4.45. The molecule has 2 aliphatic rings. The van der Waals surface area contributed by atoms with Gasteiger partial charge in [-0.2, -0.15) is 0 Å². The highest BCUT2D eigenvalue weighted by atomic mass is 16.5. The Morgan fingerprint density at radius 2 is 2.27 bits per heavy atom. The van der Waals surface area contributed by atoms with E-state index in [-0.39, 0.29) is 17.7 Å². The van der Waals surface area contributed by atoms with E-state index in [4.69, 9.17) is 15.2 Å². The number of ether oxygens (including phenoxy) is 2. The van der Waals surface area contributed by atoms with Crippen LogP contribution in [0.25, 0.3) is 0 Å². The highest BCUT2D eigenvalue weighted by molar-refractivity contribution is 5.82. The van der Waals surface area contributed by atoms with E-state index in [0.717, 1.165) is 25.9 Å². The Bertz CT molecular complexity index is 226. The molecule has 2 heterocycles. The Morgan fingerprint density at radius 3 is 2.87 bits per heavy atom. The number of carbonyl (C=O) groups excluding carboxylic acids is 1. The number of Topliss-reactive ketones (excluding diaryl/α,β-unsaturated/α-hetero) is 1. The van der Waals surface area contributed by atoms with Crippen LogP contribution in [0.15, 0.2) is 0 Å². The molecule has 4 nitrogen and oxygen atoms in total.